The fourth-order valence-corrected chi connectivity index (χ4v) is 4.38. The van der Waals surface area contributed by atoms with Crippen molar-refractivity contribution in [2.24, 2.45) is 5.41 Å². The number of hydrogen-bond acceptors (Lipinski definition) is 5. The van der Waals surface area contributed by atoms with Crippen LogP contribution in [0.15, 0.2) is 47.4 Å². The number of nitrogens with zero attached hydrogens (tertiary/aromatic N) is 1. The number of rotatable bonds is 6. The highest BCUT2D eigenvalue weighted by Crippen LogP contribution is 2.44. The first kappa shape index (κ1) is 23.7. The van der Waals surface area contributed by atoms with Gasteiger partial charge in [-0.2, -0.15) is 4.31 Å². The van der Waals surface area contributed by atoms with Gasteiger partial charge >= 0.3 is 0 Å². The molecule has 0 saturated carbocycles. The molecule has 1 aliphatic heterocycles. The lowest BCUT2D eigenvalue weighted by atomic mass is 9.77. The fraction of sp³-hybridized carbons (Fsp3) is 0.478. The average Bonchev–Trinajstić information content (AvgIpc) is 2.71. The van der Waals surface area contributed by atoms with E-state index >= 15 is 0 Å². The molecule has 0 radical (unpaired) electrons. The molecule has 1 saturated heterocycles. The van der Waals surface area contributed by atoms with E-state index in [1.54, 1.807) is 31.4 Å². The van der Waals surface area contributed by atoms with Crippen LogP contribution in [0, 0.1) is 11.2 Å². The topological polar surface area (TPSA) is 65.1 Å². The predicted molar refractivity (Wildman–Crippen MR) is 116 cm³/mol. The summed E-state index contributed by atoms with van der Waals surface area (Å²) in [5, 5.41) is 0. The molecule has 2 aromatic carbocycles. The van der Waals surface area contributed by atoms with Gasteiger partial charge in [0, 0.05) is 24.6 Å². The Morgan fingerprint density at radius 1 is 1.13 bits per heavy atom. The summed E-state index contributed by atoms with van der Waals surface area (Å²) in [5.41, 5.74) is 0.0182. The first-order chi connectivity index (χ1) is 14.4. The van der Waals surface area contributed by atoms with E-state index < -0.39 is 27.7 Å². The summed E-state index contributed by atoms with van der Waals surface area (Å²) in [6.45, 7) is 8.38. The van der Waals surface area contributed by atoms with Gasteiger partial charge in [0.15, 0.2) is 6.29 Å². The Hall–Kier alpha value is -2.00. The molecule has 1 atom stereocenters. The highest BCUT2D eigenvalue weighted by molar-refractivity contribution is 7.89. The molecule has 0 N–H and O–H groups in total. The molecule has 0 spiro atoms. The van der Waals surface area contributed by atoms with E-state index in [4.69, 9.17) is 14.2 Å². The van der Waals surface area contributed by atoms with E-state index in [0.717, 1.165) is 11.6 Å². The molecule has 31 heavy (non-hydrogen) atoms. The third kappa shape index (κ3) is 4.77. The minimum Gasteiger partial charge on any atom is -0.497 e. The zero-order valence-corrected chi connectivity index (χ0v) is 19.6. The van der Waals surface area contributed by atoms with Crippen LogP contribution in [-0.2, 0) is 26.0 Å². The number of sulfonamides is 1. The molecule has 3 rings (SSSR count). The molecule has 1 fully saturated rings. The van der Waals surface area contributed by atoms with Crippen molar-refractivity contribution >= 4 is 10.0 Å². The fourth-order valence-electron chi connectivity index (χ4n) is 3.19. The first-order valence-corrected chi connectivity index (χ1v) is 11.5. The van der Waals surface area contributed by atoms with Crippen LogP contribution in [0.25, 0.3) is 0 Å². The molecular formula is C23H30FNO5S. The molecule has 1 aliphatic rings. The van der Waals surface area contributed by atoms with Crippen LogP contribution in [-0.4, -0.2) is 39.1 Å². The Morgan fingerprint density at radius 3 is 2.35 bits per heavy atom. The average molecular weight is 452 g/mol. The smallest absolute Gasteiger partial charge is 0.243 e. The number of ether oxygens (including phenoxy) is 3. The van der Waals surface area contributed by atoms with Gasteiger partial charge in [-0.3, -0.25) is 0 Å². The van der Waals surface area contributed by atoms with Gasteiger partial charge in [0.1, 0.15) is 11.6 Å². The number of methoxy groups -OCH3 is 1. The van der Waals surface area contributed by atoms with Crippen molar-refractivity contribution < 1.29 is 27.0 Å². The van der Waals surface area contributed by atoms with E-state index in [-0.39, 0.29) is 22.4 Å². The second-order valence-corrected chi connectivity index (χ2v) is 11.0. The van der Waals surface area contributed by atoms with Gasteiger partial charge in [0.25, 0.3) is 0 Å². The monoisotopic (exact) mass is 451 g/mol. The van der Waals surface area contributed by atoms with Gasteiger partial charge in [-0.25, -0.2) is 12.8 Å². The molecule has 0 amide bonds. The Bertz CT molecular complexity index is 1030. The van der Waals surface area contributed by atoms with Crippen molar-refractivity contribution in [2.45, 2.75) is 51.0 Å². The third-order valence-electron chi connectivity index (χ3n) is 6.12. The number of hydrogen-bond donors (Lipinski definition) is 0. The normalized spacial score (nSPS) is 20.6. The molecule has 1 heterocycles. The van der Waals surface area contributed by atoms with Crippen LogP contribution < -0.4 is 4.74 Å². The molecule has 0 aromatic heterocycles. The minimum absolute atomic E-state index is 0.0187. The summed E-state index contributed by atoms with van der Waals surface area (Å²) >= 11 is 0. The minimum atomic E-state index is -3.86. The van der Waals surface area contributed by atoms with E-state index in [1.165, 1.54) is 23.5 Å². The second kappa shape index (κ2) is 8.50. The first-order valence-electron chi connectivity index (χ1n) is 10.1. The van der Waals surface area contributed by atoms with E-state index in [9.17, 15) is 12.8 Å². The maximum atomic E-state index is 14.6. The quantitative estimate of drug-likeness (QED) is 0.647. The Kier molecular flexibility index (Phi) is 6.49. The molecular weight excluding hydrogens is 421 g/mol. The number of halogens is 1. The van der Waals surface area contributed by atoms with Gasteiger partial charge in [-0.05, 0) is 49.7 Å². The van der Waals surface area contributed by atoms with Gasteiger partial charge < -0.3 is 14.2 Å². The lowest BCUT2D eigenvalue weighted by Crippen LogP contribution is -2.50. The standard InChI is InChI=1S/C23H30FNO5S/c1-22(2)15-29-21(30-23(22,3)4)19-13-18(11-12-20(19)24)31(26,27)25(5)14-16-7-9-17(28-6)10-8-16/h7-13,21H,14-15H2,1-6H3. The van der Waals surface area contributed by atoms with Crippen LogP contribution >= 0.6 is 0 Å². The molecule has 0 bridgehead atoms. The predicted octanol–water partition coefficient (Wildman–Crippen LogP) is 4.51. The zero-order valence-electron chi connectivity index (χ0n) is 18.8. The van der Waals surface area contributed by atoms with Crippen LogP contribution in [0.5, 0.6) is 5.75 Å². The SMILES string of the molecule is COc1ccc(CN(C)S(=O)(=O)c2ccc(F)c(C3OCC(C)(C)C(C)(C)O3)c2)cc1. The summed E-state index contributed by atoms with van der Waals surface area (Å²) < 4.78 is 59.0. The van der Waals surface area contributed by atoms with Crippen LogP contribution in [0.4, 0.5) is 4.39 Å². The Balaban J connectivity index is 1.85. The molecule has 0 aliphatic carbocycles. The van der Waals surface area contributed by atoms with Crippen LogP contribution in [0.3, 0.4) is 0 Å². The highest BCUT2D eigenvalue weighted by Gasteiger charge is 2.45. The van der Waals surface area contributed by atoms with Gasteiger partial charge in [0.2, 0.25) is 10.0 Å². The lowest BCUT2D eigenvalue weighted by molar-refractivity contribution is -0.301. The van der Waals surface area contributed by atoms with E-state index in [1.807, 2.05) is 27.7 Å². The van der Waals surface area contributed by atoms with Crippen molar-refractivity contribution in [1.29, 1.82) is 0 Å². The van der Waals surface area contributed by atoms with Crippen molar-refractivity contribution in [3.8, 4) is 5.75 Å². The summed E-state index contributed by atoms with van der Waals surface area (Å²) in [5.74, 6) is 0.119. The lowest BCUT2D eigenvalue weighted by Gasteiger charge is -2.48. The van der Waals surface area contributed by atoms with Crippen molar-refractivity contribution in [1.82, 2.24) is 4.31 Å². The Labute approximate surface area is 184 Å². The van der Waals surface area contributed by atoms with Crippen LogP contribution in [0.1, 0.15) is 45.1 Å². The third-order valence-corrected chi connectivity index (χ3v) is 7.92. The van der Waals surface area contributed by atoms with Gasteiger partial charge in [0.05, 0.1) is 24.2 Å². The van der Waals surface area contributed by atoms with Gasteiger partial charge in [-0.1, -0.05) is 26.0 Å². The highest BCUT2D eigenvalue weighted by atomic mass is 32.2. The molecule has 2 aromatic rings. The summed E-state index contributed by atoms with van der Waals surface area (Å²) in [6, 6.07) is 10.8. The largest absolute Gasteiger partial charge is 0.497 e. The maximum absolute atomic E-state index is 14.6. The van der Waals surface area contributed by atoms with E-state index in [2.05, 4.69) is 0 Å². The van der Waals surface area contributed by atoms with Gasteiger partial charge in [-0.15, -0.1) is 0 Å². The summed E-state index contributed by atoms with van der Waals surface area (Å²) in [7, 11) is -0.801. The molecule has 8 heteroatoms. The summed E-state index contributed by atoms with van der Waals surface area (Å²) in [4.78, 5) is -0.0187. The zero-order chi connectivity index (χ0) is 23.0. The van der Waals surface area contributed by atoms with E-state index in [0.29, 0.717) is 12.4 Å². The van der Waals surface area contributed by atoms with Crippen molar-refractivity contribution in [3.05, 3.63) is 59.4 Å². The molecule has 6 nitrogen and oxygen atoms in total. The Morgan fingerprint density at radius 2 is 1.77 bits per heavy atom. The molecule has 1 unspecified atom stereocenters. The summed E-state index contributed by atoms with van der Waals surface area (Å²) in [6.07, 6.45) is -0.981. The van der Waals surface area contributed by atoms with Crippen molar-refractivity contribution in [2.75, 3.05) is 20.8 Å². The maximum Gasteiger partial charge on any atom is 0.243 e. The second-order valence-electron chi connectivity index (χ2n) is 8.95. The van der Waals surface area contributed by atoms with Crippen LogP contribution in [0.2, 0.25) is 0 Å². The molecule has 170 valence electrons. The number of benzene rings is 2. The van der Waals surface area contributed by atoms with Crippen molar-refractivity contribution in [3.63, 3.8) is 0 Å².